The van der Waals surface area contributed by atoms with Crippen LogP contribution < -0.4 is 0 Å². The van der Waals surface area contributed by atoms with Gasteiger partial charge in [0.15, 0.2) is 0 Å². The largest absolute Gasteiger partial charge is 0.284 e. The molecule has 15 heavy (non-hydrogen) atoms. The fraction of sp³-hybridized carbons (Fsp3) is 1.00. The predicted octanol–water partition coefficient (Wildman–Crippen LogP) is 2.79. The summed E-state index contributed by atoms with van der Waals surface area (Å²) >= 11 is 0. The summed E-state index contributed by atoms with van der Waals surface area (Å²) in [5, 5.41) is 0. The highest BCUT2D eigenvalue weighted by Crippen LogP contribution is 2.29. The Morgan fingerprint density at radius 2 is 1.47 bits per heavy atom. The molecule has 1 aliphatic rings. The van der Waals surface area contributed by atoms with Crippen molar-refractivity contribution in [2.45, 2.75) is 72.8 Å². The molecule has 1 unspecified atom stereocenters. The van der Waals surface area contributed by atoms with Gasteiger partial charge in [-0.1, -0.05) is 13.8 Å². The molecule has 0 radical (unpaired) electrons. The summed E-state index contributed by atoms with van der Waals surface area (Å²) in [5.41, 5.74) is 0. The molecule has 1 saturated heterocycles. The summed E-state index contributed by atoms with van der Waals surface area (Å²) < 4.78 is 0. The van der Waals surface area contributed by atoms with Crippen LogP contribution in [0.25, 0.3) is 0 Å². The monoisotopic (exact) mass is 212 g/mol. The third kappa shape index (κ3) is 2.54. The molecule has 90 valence electrons. The highest BCUT2D eigenvalue weighted by Gasteiger charge is 2.40. The molecule has 0 bridgehead atoms. The lowest BCUT2D eigenvalue weighted by molar-refractivity contribution is 0.0431. The van der Waals surface area contributed by atoms with Crippen molar-refractivity contribution in [1.82, 2.24) is 9.80 Å². The summed E-state index contributed by atoms with van der Waals surface area (Å²) in [6.45, 7) is 17.5. The van der Waals surface area contributed by atoms with Gasteiger partial charge in [-0.05, 0) is 40.5 Å². The zero-order chi connectivity index (χ0) is 11.7. The van der Waals surface area contributed by atoms with Crippen LogP contribution in [0.4, 0.5) is 0 Å². The van der Waals surface area contributed by atoms with Crippen molar-refractivity contribution in [3.05, 3.63) is 0 Å². The maximum Gasteiger partial charge on any atom is 0.0653 e. The molecule has 2 atom stereocenters. The van der Waals surface area contributed by atoms with Gasteiger partial charge in [-0.15, -0.1) is 0 Å². The van der Waals surface area contributed by atoms with Crippen LogP contribution in [0.15, 0.2) is 0 Å². The maximum absolute atomic E-state index is 2.67. The van der Waals surface area contributed by atoms with Crippen LogP contribution in [0, 0.1) is 5.92 Å². The van der Waals surface area contributed by atoms with Gasteiger partial charge < -0.3 is 0 Å². The van der Waals surface area contributed by atoms with Gasteiger partial charge in [0.05, 0.1) is 6.17 Å². The molecule has 1 aliphatic heterocycles. The normalized spacial score (nSPS) is 30.0. The van der Waals surface area contributed by atoms with Crippen molar-refractivity contribution in [3.8, 4) is 0 Å². The van der Waals surface area contributed by atoms with Gasteiger partial charge in [0.25, 0.3) is 0 Å². The van der Waals surface area contributed by atoms with Crippen LogP contribution in [-0.2, 0) is 0 Å². The van der Waals surface area contributed by atoms with E-state index in [9.17, 15) is 0 Å². The van der Waals surface area contributed by atoms with E-state index in [2.05, 4.69) is 58.3 Å². The second-order valence-electron chi connectivity index (χ2n) is 5.84. The number of hydrogen-bond donors (Lipinski definition) is 0. The zero-order valence-corrected chi connectivity index (χ0v) is 11.5. The van der Waals surface area contributed by atoms with Gasteiger partial charge in [-0.2, -0.15) is 0 Å². The molecule has 1 rings (SSSR count). The van der Waals surface area contributed by atoms with Crippen LogP contribution in [0.3, 0.4) is 0 Å². The van der Waals surface area contributed by atoms with Gasteiger partial charge in [0.2, 0.25) is 0 Å². The number of rotatable bonds is 3. The van der Waals surface area contributed by atoms with E-state index >= 15 is 0 Å². The Labute approximate surface area is 95.6 Å². The van der Waals surface area contributed by atoms with Crippen molar-refractivity contribution in [1.29, 1.82) is 0 Å². The lowest BCUT2D eigenvalue weighted by Gasteiger charge is -2.38. The van der Waals surface area contributed by atoms with E-state index in [4.69, 9.17) is 0 Å². The summed E-state index contributed by atoms with van der Waals surface area (Å²) in [7, 11) is 0. The fourth-order valence-electron chi connectivity index (χ4n) is 3.00. The van der Waals surface area contributed by atoms with Crippen molar-refractivity contribution >= 4 is 0 Å². The molecule has 0 amide bonds. The van der Waals surface area contributed by atoms with Crippen LogP contribution in [0.5, 0.6) is 0 Å². The Morgan fingerprint density at radius 1 is 0.933 bits per heavy atom. The Kier molecular flexibility index (Phi) is 4.19. The highest BCUT2D eigenvalue weighted by atomic mass is 15.4. The third-order valence-corrected chi connectivity index (χ3v) is 3.49. The predicted molar refractivity (Wildman–Crippen MR) is 66.9 cm³/mol. The number of nitrogens with zero attached hydrogens (tertiary/aromatic N) is 2. The van der Waals surface area contributed by atoms with Gasteiger partial charge >= 0.3 is 0 Å². The maximum atomic E-state index is 2.67. The SMILES string of the molecule is CC(C)C1N(C(C)C)C[C@H](C)N1C(C)C. The van der Waals surface area contributed by atoms with E-state index in [1.54, 1.807) is 0 Å². The number of hydrogen-bond acceptors (Lipinski definition) is 2. The molecule has 0 aromatic heterocycles. The van der Waals surface area contributed by atoms with Gasteiger partial charge in [-0.25, -0.2) is 0 Å². The molecule has 0 N–H and O–H groups in total. The van der Waals surface area contributed by atoms with Gasteiger partial charge in [0, 0.05) is 24.7 Å². The summed E-state index contributed by atoms with van der Waals surface area (Å²) in [5.74, 6) is 0.708. The smallest absolute Gasteiger partial charge is 0.0653 e. The lowest BCUT2D eigenvalue weighted by atomic mass is 10.1. The minimum Gasteiger partial charge on any atom is -0.284 e. The van der Waals surface area contributed by atoms with E-state index in [-0.39, 0.29) is 0 Å². The molecule has 2 nitrogen and oxygen atoms in total. The zero-order valence-electron chi connectivity index (χ0n) is 11.5. The first-order valence-corrected chi connectivity index (χ1v) is 6.39. The van der Waals surface area contributed by atoms with Crippen molar-refractivity contribution in [3.63, 3.8) is 0 Å². The summed E-state index contributed by atoms with van der Waals surface area (Å²) in [4.78, 5) is 5.32. The molecule has 0 aromatic rings. The Bertz CT molecular complexity index is 199. The minimum absolute atomic E-state index is 0.625. The van der Waals surface area contributed by atoms with E-state index in [1.165, 1.54) is 6.54 Å². The van der Waals surface area contributed by atoms with E-state index in [1.807, 2.05) is 0 Å². The third-order valence-electron chi connectivity index (χ3n) is 3.49. The fourth-order valence-corrected chi connectivity index (χ4v) is 3.00. The van der Waals surface area contributed by atoms with Gasteiger partial charge in [-0.3, -0.25) is 9.80 Å². The molecule has 2 heteroatoms. The molecule has 0 saturated carbocycles. The van der Waals surface area contributed by atoms with Crippen LogP contribution in [-0.4, -0.2) is 40.6 Å². The highest BCUT2D eigenvalue weighted by molar-refractivity contribution is 4.92. The lowest BCUT2D eigenvalue weighted by Crippen LogP contribution is -2.48. The molecule has 1 fully saturated rings. The molecule has 0 spiro atoms. The first kappa shape index (κ1) is 13.0. The van der Waals surface area contributed by atoms with Crippen molar-refractivity contribution < 1.29 is 0 Å². The Balaban J connectivity index is 2.88. The molecule has 0 aliphatic carbocycles. The minimum atomic E-state index is 0.625. The van der Waals surface area contributed by atoms with Crippen LogP contribution in [0.2, 0.25) is 0 Å². The Morgan fingerprint density at radius 3 is 1.80 bits per heavy atom. The molecule has 0 aromatic carbocycles. The van der Waals surface area contributed by atoms with E-state index in [0.717, 1.165) is 0 Å². The topological polar surface area (TPSA) is 6.48 Å². The molecular formula is C13H28N2. The van der Waals surface area contributed by atoms with Crippen LogP contribution in [0.1, 0.15) is 48.5 Å². The second-order valence-corrected chi connectivity index (χ2v) is 5.84. The first-order valence-electron chi connectivity index (χ1n) is 6.39. The summed E-state index contributed by atoms with van der Waals surface area (Å²) in [6, 6.07) is 2.00. The molecule has 1 heterocycles. The van der Waals surface area contributed by atoms with Crippen molar-refractivity contribution in [2.24, 2.45) is 5.92 Å². The first-order chi connectivity index (χ1) is 6.86. The van der Waals surface area contributed by atoms with Crippen LogP contribution >= 0.6 is 0 Å². The average molecular weight is 212 g/mol. The standard InChI is InChI=1S/C13H28N2/c1-9(2)13-14(10(3)4)8-12(7)15(13)11(5)6/h9-13H,8H2,1-7H3/t12-,13?/m0/s1. The summed E-state index contributed by atoms with van der Waals surface area (Å²) in [6.07, 6.45) is 0.625. The average Bonchev–Trinajstić information content (AvgIpc) is 2.42. The second kappa shape index (κ2) is 4.84. The van der Waals surface area contributed by atoms with Crippen molar-refractivity contribution in [2.75, 3.05) is 6.54 Å². The van der Waals surface area contributed by atoms with E-state index < -0.39 is 0 Å². The van der Waals surface area contributed by atoms with E-state index in [0.29, 0.717) is 30.2 Å². The molecular weight excluding hydrogens is 184 g/mol. The Hall–Kier alpha value is -0.0800. The quantitative estimate of drug-likeness (QED) is 0.710. The van der Waals surface area contributed by atoms with Gasteiger partial charge in [0.1, 0.15) is 0 Å².